The van der Waals surface area contributed by atoms with Crippen molar-refractivity contribution in [1.82, 2.24) is 34.5 Å². The van der Waals surface area contributed by atoms with Crippen LogP contribution in [0, 0.1) is 5.82 Å². The van der Waals surface area contributed by atoms with Crippen LogP contribution in [-0.4, -0.2) is 34.5 Å². The average molecular weight is 441 g/mol. The summed E-state index contributed by atoms with van der Waals surface area (Å²) in [5.41, 5.74) is 1.95. The molecule has 0 radical (unpaired) electrons. The number of ether oxygens (including phenoxy) is 1. The molecule has 10 heteroatoms. The maximum Gasteiger partial charge on any atom is 0.291 e. The van der Waals surface area contributed by atoms with E-state index in [0.29, 0.717) is 39.1 Å². The Hall–Kier alpha value is -4.60. The summed E-state index contributed by atoms with van der Waals surface area (Å²) in [5.74, 6) is 0.552. The number of hydrogen-bond donors (Lipinski definition) is 1. The topological polar surface area (TPSA) is 104 Å². The number of benzene rings is 2. The van der Waals surface area contributed by atoms with Gasteiger partial charge in [0, 0.05) is 29.4 Å². The fourth-order valence-corrected chi connectivity index (χ4v) is 4.04. The van der Waals surface area contributed by atoms with E-state index >= 15 is 0 Å². The average Bonchev–Trinajstić information content (AvgIpc) is 3.41. The normalized spacial score (nSPS) is 11.6. The summed E-state index contributed by atoms with van der Waals surface area (Å²) in [6.45, 7) is 0.0474. The Morgan fingerprint density at radius 1 is 1.06 bits per heavy atom. The molecule has 9 nitrogen and oxygen atoms in total. The van der Waals surface area contributed by atoms with Crippen LogP contribution in [0.3, 0.4) is 0 Å². The molecular formula is C23H16FN7O2. The first-order valence-corrected chi connectivity index (χ1v) is 10.1. The number of halogens is 1. The van der Waals surface area contributed by atoms with Gasteiger partial charge in [-0.05, 0) is 18.2 Å². The molecule has 0 aliphatic carbocycles. The summed E-state index contributed by atoms with van der Waals surface area (Å²) in [6, 6.07) is 11.9. The van der Waals surface area contributed by atoms with Gasteiger partial charge in [0.15, 0.2) is 5.65 Å². The van der Waals surface area contributed by atoms with Gasteiger partial charge in [-0.15, -0.1) is 0 Å². The summed E-state index contributed by atoms with van der Waals surface area (Å²) >= 11 is 0. The third kappa shape index (κ3) is 3.03. The lowest BCUT2D eigenvalue weighted by Crippen LogP contribution is -2.24. The first-order valence-electron chi connectivity index (χ1n) is 10.1. The zero-order valence-electron chi connectivity index (χ0n) is 17.4. The van der Waals surface area contributed by atoms with E-state index in [1.54, 1.807) is 41.2 Å². The fraction of sp³-hybridized carbons (Fsp3) is 0.0870. The van der Waals surface area contributed by atoms with Gasteiger partial charge in [-0.1, -0.05) is 18.2 Å². The highest BCUT2D eigenvalue weighted by molar-refractivity contribution is 6.07. The van der Waals surface area contributed by atoms with Crippen molar-refractivity contribution < 1.29 is 9.13 Å². The molecule has 4 heterocycles. The summed E-state index contributed by atoms with van der Waals surface area (Å²) < 4.78 is 23.2. The molecule has 0 aliphatic rings. The van der Waals surface area contributed by atoms with Crippen molar-refractivity contribution in [3.05, 3.63) is 82.9 Å². The quantitative estimate of drug-likeness (QED) is 0.449. The van der Waals surface area contributed by atoms with Crippen molar-refractivity contribution in [2.45, 2.75) is 6.54 Å². The number of aromatic nitrogens is 7. The summed E-state index contributed by atoms with van der Waals surface area (Å²) in [7, 11) is 1.81. The minimum absolute atomic E-state index is 0.0474. The van der Waals surface area contributed by atoms with E-state index in [1.807, 2.05) is 19.2 Å². The molecule has 0 saturated carbocycles. The van der Waals surface area contributed by atoms with Gasteiger partial charge in [-0.3, -0.25) is 9.89 Å². The molecule has 0 spiro atoms. The Kier molecular flexibility index (Phi) is 4.19. The van der Waals surface area contributed by atoms with Crippen molar-refractivity contribution in [3.8, 4) is 11.6 Å². The zero-order valence-corrected chi connectivity index (χ0v) is 17.4. The summed E-state index contributed by atoms with van der Waals surface area (Å²) in [6.07, 6.45) is 4.64. The Morgan fingerprint density at radius 3 is 2.82 bits per heavy atom. The molecule has 0 amide bonds. The van der Waals surface area contributed by atoms with E-state index < -0.39 is 0 Å². The third-order valence-electron chi connectivity index (χ3n) is 5.68. The molecule has 0 fully saturated rings. The lowest BCUT2D eigenvalue weighted by atomic mass is 10.2. The standard InChI is InChI=1S/C23H16FN7O2/c1-30-19-8-14(33-22-17-9-27-29-21(17)25-12-26-22)6-7-15(19)16-10-28-31(23(32)20(16)30)11-13-4-2-3-5-18(13)24/h2-10,12H,11H2,1H3,(H,25,26,27,29). The number of aryl methyl sites for hydroxylation is 1. The number of nitrogens with zero attached hydrogens (tertiary/aromatic N) is 6. The second-order valence-electron chi connectivity index (χ2n) is 7.61. The van der Waals surface area contributed by atoms with Crippen molar-refractivity contribution in [2.24, 2.45) is 7.05 Å². The molecule has 0 atom stereocenters. The van der Waals surface area contributed by atoms with Crippen LogP contribution in [0.1, 0.15) is 5.56 Å². The van der Waals surface area contributed by atoms with Gasteiger partial charge in [0.05, 0.1) is 24.5 Å². The second-order valence-corrected chi connectivity index (χ2v) is 7.61. The number of aromatic amines is 1. The molecule has 6 rings (SSSR count). The van der Waals surface area contributed by atoms with E-state index in [4.69, 9.17) is 4.74 Å². The molecule has 6 aromatic rings. The van der Waals surface area contributed by atoms with Crippen LogP contribution in [0.15, 0.2) is 66.0 Å². The molecule has 33 heavy (non-hydrogen) atoms. The summed E-state index contributed by atoms with van der Waals surface area (Å²) in [4.78, 5) is 21.5. The molecule has 0 saturated heterocycles. The second kappa shape index (κ2) is 7.23. The molecule has 0 unspecified atom stereocenters. The first kappa shape index (κ1) is 19.1. The van der Waals surface area contributed by atoms with Gasteiger partial charge >= 0.3 is 0 Å². The Labute approximate surface area is 185 Å². The number of fused-ring (bicyclic) bond motifs is 4. The molecular weight excluding hydrogens is 425 g/mol. The van der Waals surface area contributed by atoms with Crippen molar-refractivity contribution in [1.29, 1.82) is 0 Å². The van der Waals surface area contributed by atoms with Crippen molar-refractivity contribution in [2.75, 3.05) is 0 Å². The number of H-pyrrole nitrogens is 1. The Balaban J connectivity index is 1.44. The van der Waals surface area contributed by atoms with Crippen LogP contribution < -0.4 is 10.3 Å². The van der Waals surface area contributed by atoms with Gasteiger partial charge < -0.3 is 9.30 Å². The lowest BCUT2D eigenvalue weighted by Gasteiger charge is -2.06. The highest BCUT2D eigenvalue weighted by Gasteiger charge is 2.16. The molecule has 2 aromatic carbocycles. The van der Waals surface area contributed by atoms with Gasteiger partial charge in [0.2, 0.25) is 5.88 Å². The van der Waals surface area contributed by atoms with Gasteiger partial charge in [-0.25, -0.2) is 19.0 Å². The highest BCUT2D eigenvalue weighted by atomic mass is 19.1. The minimum Gasteiger partial charge on any atom is -0.438 e. The van der Waals surface area contributed by atoms with E-state index in [1.165, 1.54) is 17.1 Å². The van der Waals surface area contributed by atoms with E-state index in [2.05, 4.69) is 25.3 Å². The van der Waals surface area contributed by atoms with Crippen molar-refractivity contribution in [3.63, 3.8) is 0 Å². The lowest BCUT2D eigenvalue weighted by molar-refractivity contribution is 0.468. The van der Waals surface area contributed by atoms with Crippen LogP contribution in [0.2, 0.25) is 0 Å². The number of hydrogen-bond acceptors (Lipinski definition) is 6. The molecule has 0 bridgehead atoms. The Morgan fingerprint density at radius 2 is 1.94 bits per heavy atom. The van der Waals surface area contributed by atoms with Crippen LogP contribution in [0.5, 0.6) is 11.6 Å². The summed E-state index contributed by atoms with van der Waals surface area (Å²) in [5, 5.41) is 13.3. The van der Waals surface area contributed by atoms with E-state index in [9.17, 15) is 9.18 Å². The SMILES string of the molecule is Cn1c2cc(Oc3ncnc4[nH]ncc34)ccc2c2cnn(Cc3ccccc3F)c(=O)c21. The first-order chi connectivity index (χ1) is 16.1. The third-order valence-corrected chi connectivity index (χ3v) is 5.68. The van der Waals surface area contributed by atoms with Crippen LogP contribution >= 0.6 is 0 Å². The van der Waals surface area contributed by atoms with Crippen LogP contribution in [0.25, 0.3) is 32.8 Å². The monoisotopic (exact) mass is 441 g/mol. The van der Waals surface area contributed by atoms with Gasteiger partial charge in [0.1, 0.15) is 28.8 Å². The largest absolute Gasteiger partial charge is 0.438 e. The van der Waals surface area contributed by atoms with E-state index in [0.717, 1.165) is 10.9 Å². The fourth-order valence-electron chi connectivity index (χ4n) is 4.04. The molecule has 0 aliphatic heterocycles. The van der Waals surface area contributed by atoms with Gasteiger partial charge in [-0.2, -0.15) is 10.2 Å². The zero-order chi connectivity index (χ0) is 22.5. The molecule has 162 valence electrons. The van der Waals surface area contributed by atoms with E-state index in [-0.39, 0.29) is 17.9 Å². The smallest absolute Gasteiger partial charge is 0.291 e. The predicted molar refractivity (Wildman–Crippen MR) is 120 cm³/mol. The maximum absolute atomic E-state index is 14.1. The minimum atomic E-state index is -0.374. The van der Waals surface area contributed by atoms with Gasteiger partial charge in [0.25, 0.3) is 5.56 Å². The van der Waals surface area contributed by atoms with Crippen LogP contribution in [-0.2, 0) is 13.6 Å². The predicted octanol–water partition coefficient (Wildman–Crippen LogP) is 3.53. The van der Waals surface area contributed by atoms with Crippen LogP contribution in [0.4, 0.5) is 4.39 Å². The number of rotatable bonds is 4. The molecule has 1 N–H and O–H groups in total. The Bertz CT molecular complexity index is 1730. The maximum atomic E-state index is 14.1. The highest BCUT2D eigenvalue weighted by Crippen LogP contribution is 2.32. The number of nitrogens with one attached hydrogen (secondary N) is 1. The van der Waals surface area contributed by atoms with Crippen molar-refractivity contribution >= 4 is 32.8 Å². The molecule has 4 aromatic heterocycles.